The van der Waals surface area contributed by atoms with Gasteiger partial charge in [0.25, 0.3) is 10.0 Å². The van der Waals surface area contributed by atoms with Crippen molar-refractivity contribution in [1.29, 1.82) is 0 Å². The normalized spacial score (nSPS) is 11.6. The number of nitrogens with zero attached hydrogens (tertiary/aromatic N) is 2. The van der Waals surface area contributed by atoms with Gasteiger partial charge in [-0.1, -0.05) is 0 Å². The van der Waals surface area contributed by atoms with Crippen molar-refractivity contribution in [2.45, 2.75) is 32.2 Å². The van der Waals surface area contributed by atoms with Gasteiger partial charge < -0.3 is 9.67 Å². The molecule has 2 heterocycles. The van der Waals surface area contributed by atoms with Gasteiger partial charge in [0.15, 0.2) is 5.82 Å². The molecule has 0 amide bonds. The van der Waals surface area contributed by atoms with Gasteiger partial charge in [0.1, 0.15) is 10.6 Å². The molecule has 21 heavy (non-hydrogen) atoms. The number of sulfonamides is 1. The predicted octanol–water partition coefficient (Wildman–Crippen LogP) is 1.35. The topological polar surface area (TPSA) is 117 Å². The Labute approximate surface area is 121 Å². The van der Waals surface area contributed by atoms with E-state index in [9.17, 15) is 13.2 Å². The molecule has 0 radical (unpaired) electrons. The number of nitrogens with one attached hydrogen (secondary N) is 2. The Morgan fingerprint density at radius 1 is 1.48 bits per heavy atom. The van der Waals surface area contributed by atoms with E-state index in [0.717, 1.165) is 11.8 Å². The minimum absolute atomic E-state index is 0.0761. The second-order valence-corrected chi connectivity index (χ2v) is 6.26. The van der Waals surface area contributed by atoms with Crippen molar-refractivity contribution < 1.29 is 18.3 Å². The van der Waals surface area contributed by atoms with Gasteiger partial charge in [-0.05, 0) is 26.8 Å². The molecule has 9 heteroatoms. The van der Waals surface area contributed by atoms with Crippen LogP contribution in [0.4, 0.5) is 5.82 Å². The number of carboxylic acids is 1. The third-order valence-electron chi connectivity index (χ3n) is 3.23. The second-order valence-electron chi connectivity index (χ2n) is 4.58. The Bertz CT molecular complexity index is 788. The number of anilines is 1. The number of rotatable bonds is 5. The van der Waals surface area contributed by atoms with Gasteiger partial charge >= 0.3 is 5.97 Å². The van der Waals surface area contributed by atoms with E-state index in [1.807, 2.05) is 0 Å². The van der Waals surface area contributed by atoms with Crippen LogP contribution < -0.4 is 4.72 Å². The zero-order chi connectivity index (χ0) is 15.8. The zero-order valence-electron chi connectivity index (χ0n) is 11.8. The van der Waals surface area contributed by atoms with Gasteiger partial charge in [0.2, 0.25) is 0 Å². The van der Waals surface area contributed by atoms with Gasteiger partial charge in [-0.25, -0.2) is 13.2 Å². The second kappa shape index (κ2) is 5.24. The quantitative estimate of drug-likeness (QED) is 0.770. The van der Waals surface area contributed by atoms with E-state index in [1.165, 1.54) is 10.8 Å². The van der Waals surface area contributed by atoms with Crippen LogP contribution in [0, 0.1) is 13.8 Å². The molecule has 0 fully saturated rings. The standard InChI is InChI=1S/C12H16N4O4S/c1-4-16-6-9(5-10(16)12(17)18)21(19,20)15-11-7(2)8(3)13-14-11/h5-6H,4H2,1-3H3,(H,17,18)(H2,13,14,15). The molecular weight excluding hydrogens is 296 g/mol. The Hall–Kier alpha value is -2.29. The smallest absolute Gasteiger partial charge is 0.352 e. The summed E-state index contributed by atoms with van der Waals surface area (Å²) in [5.41, 5.74) is 1.37. The molecule has 0 spiro atoms. The van der Waals surface area contributed by atoms with Gasteiger partial charge in [0, 0.05) is 24.0 Å². The molecular formula is C12H16N4O4S. The van der Waals surface area contributed by atoms with E-state index in [4.69, 9.17) is 5.11 Å². The van der Waals surface area contributed by atoms with E-state index < -0.39 is 16.0 Å². The van der Waals surface area contributed by atoms with Gasteiger partial charge in [-0.15, -0.1) is 0 Å². The number of hydrogen-bond acceptors (Lipinski definition) is 4. The Morgan fingerprint density at radius 3 is 2.57 bits per heavy atom. The van der Waals surface area contributed by atoms with Crippen LogP contribution in [0.2, 0.25) is 0 Å². The fourth-order valence-corrected chi connectivity index (χ4v) is 2.95. The van der Waals surface area contributed by atoms with Gasteiger partial charge in [-0.2, -0.15) is 5.10 Å². The average molecular weight is 312 g/mol. The SMILES string of the molecule is CCn1cc(S(=O)(=O)Nc2n[nH]c(C)c2C)cc1C(=O)O. The highest BCUT2D eigenvalue weighted by atomic mass is 32.2. The molecule has 0 aromatic carbocycles. The lowest BCUT2D eigenvalue weighted by Crippen LogP contribution is -2.13. The summed E-state index contributed by atoms with van der Waals surface area (Å²) in [4.78, 5) is 11.0. The molecule has 0 aliphatic heterocycles. The molecule has 0 unspecified atom stereocenters. The number of aryl methyl sites for hydroxylation is 2. The van der Waals surface area contributed by atoms with Gasteiger partial charge in [-0.3, -0.25) is 9.82 Å². The lowest BCUT2D eigenvalue weighted by Gasteiger charge is -2.04. The van der Waals surface area contributed by atoms with E-state index in [1.54, 1.807) is 20.8 Å². The summed E-state index contributed by atoms with van der Waals surface area (Å²) >= 11 is 0. The maximum Gasteiger partial charge on any atom is 0.352 e. The molecule has 0 saturated heterocycles. The molecule has 0 aliphatic rings. The Balaban J connectivity index is 2.40. The number of H-pyrrole nitrogens is 1. The number of hydrogen-bond donors (Lipinski definition) is 3. The molecule has 0 atom stereocenters. The van der Waals surface area contributed by atoms with Crippen molar-refractivity contribution >= 4 is 21.8 Å². The minimum atomic E-state index is -3.88. The number of carbonyl (C=O) groups is 1. The number of carboxylic acid groups (broad SMARTS) is 1. The fourth-order valence-electron chi connectivity index (χ4n) is 1.84. The van der Waals surface area contributed by atoms with Crippen molar-refractivity contribution in [3.63, 3.8) is 0 Å². The van der Waals surface area contributed by atoms with Crippen molar-refractivity contribution in [2.75, 3.05) is 4.72 Å². The first-order valence-corrected chi connectivity index (χ1v) is 7.72. The van der Waals surface area contributed by atoms with Crippen LogP contribution in [-0.4, -0.2) is 34.3 Å². The fraction of sp³-hybridized carbons (Fsp3) is 0.333. The molecule has 114 valence electrons. The zero-order valence-corrected chi connectivity index (χ0v) is 12.7. The highest BCUT2D eigenvalue weighted by molar-refractivity contribution is 7.92. The lowest BCUT2D eigenvalue weighted by atomic mass is 10.3. The molecule has 2 rings (SSSR count). The monoisotopic (exact) mass is 312 g/mol. The summed E-state index contributed by atoms with van der Waals surface area (Å²) in [7, 11) is -3.88. The first-order valence-electron chi connectivity index (χ1n) is 6.24. The molecule has 0 saturated carbocycles. The summed E-state index contributed by atoms with van der Waals surface area (Å²) in [6.45, 7) is 5.60. The van der Waals surface area contributed by atoms with E-state index in [0.29, 0.717) is 12.1 Å². The minimum Gasteiger partial charge on any atom is -0.477 e. The third-order valence-corrected chi connectivity index (χ3v) is 4.53. The summed E-state index contributed by atoms with van der Waals surface area (Å²) < 4.78 is 28.3. The van der Waals surface area contributed by atoms with Crippen LogP contribution in [0.15, 0.2) is 17.2 Å². The first kappa shape index (κ1) is 15.1. The van der Waals surface area contributed by atoms with Crippen LogP contribution in [-0.2, 0) is 16.6 Å². The first-order chi connectivity index (χ1) is 9.76. The molecule has 3 N–H and O–H groups in total. The average Bonchev–Trinajstić information content (AvgIpc) is 2.98. The van der Waals surface area contributed by atoms with E-state index in [-0.39, 0.29) is 16.4 Å². The predicted molar refractivity (Wildman–Crippen MR) is 75.9 cm³/mol. The van der Waals surface area contributed by atoms with Crippen molar-refractivity contribution in [3.05, 3.63) is 29.2 Å². The molecule has 2 aromatic rings. The maximum absolute atomic E-state index is 12.3. The highest BCUT2D eigenvalue weighted by Gasteiger charge is 2.22. The van der Waals surface area contributed by atoms with Crippen molar-refractivity contribution in [1.82, 2.24) is 14.8 Å². The van der Waals surface area contributed by atoms with Crippen molar-refractivity contribution in [3.8, 4) is 0 Å². The summed E-state index contributed by atoms with van der Waals surface area (Å²) in [5.74, 6) is -0.973. The third kappa shape index (κ3) is 2.77. The summed E-state index contributed by atoms with van der Waals surface area (Å²) in [6.07, 6.45) is 1.29. The number of aromatic amines is 1. The van der Waals surface area contributed by atoms with E-state index in [2.05, 4.69) is 14.9 Å². The van der Waals surface area contributed by atoms with Crippen molar-refractivity contribution in [2.24, 2.45) is 0 Å². The number of aromatic nitrogens is 3. The summed E-state index contributed by atoms with van der Waals surface area (Å²) in [5, 5.41) is 15.6. The van der Waals surface area contributed by atoms with Crippen LogP contribution in [0.25, 0.3) is 0 Å². The van der Waals surface area contributed by atoms with Crippen LogP contribution in [0.3, 0.4) is 0 Å². The van der Waals surface area contributed by atoms with E-state index >= 15 is 0 Å². The molecule has 2 aromatic heterocycles. The van der Waals surface area contributed by atoms with Crippen LogP contribution in [0.5, 0.6) is 0 Å². The lowest BCUT2D eigenvalue weighted by molar-refractivity contribution is 0.0685. The Morgan fingerprint density at radius 2 is 2.14 bits per heavy atom. The largest absolute Gasteiger partial charge is 0.477 e. The number of aromatic carboxylic acids is 1. The van der Waals surface area contributed by atoms with Crippen LogP contribution in [0.1, 0.15) is 28.7 Å². The molecule has 0 aliphatic carbocycles. The summed E-state index contributed by atoms with van der Waals surface area (Å²) in [6, 6.07) is 1.13. The van der Waals surface area contributed by atoms with Crippen LogP contribution >= 0.6 is 0 Å². The highest BCUT2D eigenvalue weighted by Crippen LogP contribution is 2.21. The Kier molecular flexibility index (Phi) is 3.77. The molecule has 0 bridgehead atoms. The maximum atomic E-state index is 12.3. The molecule has 8 nitrogen and oxygen atoms in total. The van der Waals surface area contributed by atoms with Gasteiger partial charge in [0.05, 0.1) is 0 Å².